The zero-order valence-electron chi connectivity index (χ0n) is 16.0. The average molecular weight is 395 g/mol. The maximum Gasteiger partial charge on any atom is 0.262 e. The van der Waals surface area contributed by atoms with E-state index in [2.05, 4.69) is 4.98 Å². The van der Waals surface area contributed by atoms with Gasteiger partial charge in [0, 0.05) is 19.0 Å². The molecule has 1 saturated heterocycles. The van der Waals surface area contributed by atoms with Crippen LogP contribution in [-0.4, -0.2) is 55.6 Å². The molecule has 2 aromatic rings. The summed E-state index contributed by atoms with van der Waals surface area (Å²) in [6.07, 6.45) is 0.896. The Balaban J connectivity index is 1.86. The molecule has 2 heterocycles. The van der Waals surface area contributed by atoms with Crippen molar-refractivity contribution in [2.24, 2.45) is 0 Å². The highest BCUT2D eigenvalue weighted by Crippen LogP contribution is 2.30. The summed E-state index contributed by atoms with van der Waals surface area (Å²) in [4.78, 5) is 17.7. The topological polar surface area (TPSA) is 69.9 Å². The lowest BCUT2D eigenvalue weighted by atomic mass is 10.2. The van der Waals surface area contributed by atoms with Crippen LogP contribution in [0.15, 0.2) is 16.9 Å². The molecule has 3 rings (SSSR count). The van der Waals surface area contributed by atoms with Crippen molar-refractivity contribution in [2.75, 3.05) is 46.1 Å². The summed E-state index contributed by atoms with van der Waals surface area (Å²) in [5, 5.41) is 0.564. The van der Waals surface area contributed by atoms with Gasteiger partial charge in [0.25, 0.3) is 5.56 Å². The Morgan fingerprint density at radius 1 is 1.19 bits per heavy atom. The van der Waals surface area contributed by atoms with E-state index in [4.69, 9.17) is 26.4 Å². The summed E-state index contributed by atoms with van der Waals surface area (Å²) in [6, 6.07) is 3.55. The monoisotopic (exact) mass is 394 g/mol. The summed E-state index contributed by atoms with van der Waals surface area (Å²) in [7, 11) is 0. The molecule has 0 amide bonds. The molecular formula is C19H28N3O4S+. The van der Waals surface area contributed by atoms with Gasteiger partial charge in [-0.15, -0.1) is 0 Å². The molecule has 7 nitrogen and oxygen atoms in total. The largest absolute Gasteiger partial charge is 0.490 e. The summed E-state index contributed by atoms with van der Waals surface area (Å²) in [6.45, 7) is 10.1. The van der Waals surface area contributed by atoms with Gasteiger partial charge in [0.1, 0.15) is 13.1 Å². The summed E-state index contributed by atoms with van der Waals surface area (Å²) in [5.41, 5.74) is 0.585. The molecule has 0 atom stereocenters. The smallest absolute Gasteiger partial charge is 0.262 e. The van der Waals surface area contributed by atoms with E-state index < -0.39 is 0 Å². The van der Waals surface area contributed by atoms with Crippen molar-refractivity contribution in [1.82, 2.24) is 9.55 Å². The number of fused-ring (bicyclic) bond motifs is 1. The fourth-order valence-corrected chi connectivity index (χ4v) is 3.68. The van der Waals surface area contributed by atoms with Crippen LogP contribution < -0.4 is 19.9 Å². The average Bonchev–Trinajstić information content (AvgIpc) is 2.67. The Hall–Kier alpha value is -1.90. The molecule has 0 radical (unpaired) electrons. The molecule has 0 aliphatic carbocycles. The lowest BCUT2D eigenvalue weighted by Gasteiger charge is -2.23. The van der Waals surface area contributed by atoms with Crippen molar-refractivity contribution in [3.8, 4) is 11.5 Å². The van der Waals surface area contributed by atoms with E-state index in [9.17, 15) is 4.79 Å². The maximum atomic E-state index is 13.0. The first-order valence-corrected chi connectivity index (χ1v) is 10.0. The number of benzene rings is 1. The molecule has 2 N–H and O–H groups in total. The van der Waals surface area contributed by atoms with Gasteiger partial charge in [0.2, 0.25) is 0 Å². The molecule has 1 aliphatic rings. The number of quaternary nitrogens is 1. The number of hydrogen-bond acceptors (Lipinski definition) is 5. The third-order valence-electron chi connectivity index (χ3n) is 4.76. The van der Waals surface area contributed by atoms with E-state index in [-0.39, 0.29) is 5.56 Å². The Morgan fingerprint density at radius 3 is 2.52 bits per heavy atom. The molecule has 8 heteroatoms. The SMILES string of the molecule is CCOc1cc2[nH]c(=S)n(CCC[NH+]3CCOCC3)c(=O)c2cc1OCC. The lowest BCUT2D eigenvalue weighted by molar-refractivity contribution is -0.908. The number of ether oxygens (including phenoxy) is 3. The maximum absolute atomic E-state index is 13.0. The molecule has 1 fully saturated rings. The van der Waals surface area contributed by atoms with E-state index in [0.717, 1.165) is 39.3 Å². The first kappa shape index (κ1) is 19.9. The fraction of sp³-hybridized carbons (Fsp3) is 0.579. The van der Waals surface area contributed by atoms with Crippen LogP contribution in [0.3, 0.4) is 0 Å². The molecule has 1 aliphatic heterocycles. The number of rotatable bonds is 8. The Morgan fingerprint density at radius 2 is 1.85 bits per heavy atom. The minimum atomic E-state index is -0.0882. The van der Waals surface area contributed by atoms with E-state index >= 15 is 0 Å². The second kappa shape index (κ2) is 9.34. The normalized spacial score (nSPS) is 15.2. The van der Waals surface area contributed by atoms with Gasteiger partial charge in [-0.1, -0.05) is 0 Å². The number of H-pyrrole nitrogens is 1. The molecule has 1 aromatic heterocycles. The first-order valence-electron chi connectivity index (χ1n) is 9.61. The van der Waals surface area contributed by atoms with Gasteiger partial charge >= 0.3 is 0 Å². The van der Waals surface area contributed by atoms with Crippen LogP contribution in [0.1, 0.15) is 20.3 Å². The second-order valence-corrected chi connectivity index (χ2v) is 6.95. The van der Waals surface area contributed by atoms with Crippen molar-refractivity contribution >= 4 is 23.1 Å². The summed E-state index contributed by atoms with van der Waals surface area (Å²) in [5.74, 6) is 1.20. The Labute approximate surface area is 163 Å². The minimum Gasteiger partial charge on any atom is -0.490 e. The van der Waals surface area contributed by atoms with Crippen LogP contribution in [0.2, 0.25) is 0 Å². The van der Waals surface area contributed by atoms with Gasteiger partial charge in [-0.3, -0.25) is 9.36 Å². The fourth-order valence-electron chi connectivity index (χ4n) is 3.40. The molecule has 1 aromatic carbocycles. The Bertz CT molecular complexity index is 887. The third-order valence-corrected chi connectivity index (χ3v) is 5.08. The zero-order chi connectivity index (χ0) is 19.2. The summed E-state index contributed by atoms with van der Waals surface area (Å²) >= 11 is 5.44. The first-order chi connectivity index (χ1) is 13.1. The van der Waals surface area contributed by atoms with Crippen LogP contribution in [0.5, 0.6) is 11.5 Å². The predicted octanol–water partition coefficient (Wildman–Crippen LogP) is 1.16. The van der Waals surface area contributed by atoms with Gasteiger partial charge in [-0.25, -0.2) is 0 Å². The molecule has 0 bridgehead atoms. The van der Waals surface area contributed by atoms with Gasteiger partial charge in [0.05, 0.1) is 43.9 Å². The third kappa shape index (κ3) is 4.69. The quantitative estimate of drug-likeness (QED) is 0.658. The number of aromatic amines is 1. The van der Waals surface area contributed by atoms with Crippen molar-refractivity contribution in [1.29, 1.82) is 0 Å². The second-order valence-electron chi connectivity index (χ2n) is 6.56. The number of morpholine rings is 1. The molecule has 0 spiro atoms. The highest BCUT2D eigenvalue weighted by atomic mass is 32.1. The highest BCUT2D eigenvalue weighted by Gasteiger charge is 2.15. The van der Waals surface area contributed by atoms with Crippen molar-refractivity contribution in [2.45, 2.75) is 26.8 Å². The van der Waals surface area contributed by atoms with E-state index in [0.29, 0.717) is 46.9 Å². The molecule has 0 unspecified atom stereocenters. The van der Waals surface area contributed by atoms with E-state index in [1.165, 1.54) is 4.90 Å². The molecular weight excluding hydrogens is 366 g/mol. The van der Waals surface area contributed by atoms with E-state index in [1.807, 2.05) is 13.8 Å². The Kier molecular flexibility index (Phi) is 6.87. The van der Waals surface area contributed by atoms with Crippen LogP contribution in [0.4, 0.5) is 0 Å². The molecule has 148 valence electrons. The van der Waals surface area contributed by atoms with Crippen molar-refractivity contribution < 1.29 is 19.1 Å². The van der Waals surface area contributed by atoms with Gasteiger partial charge in [-0.2, -0.15) is 0 Å². The van der Waals surface area contributed by atoms with Crippen LogP contribution in [0, 0.1) is 4.77 Å². The van der Waals surface area contributed by atoms with E-state index in [1.54, 1.807) is 16.7 Å². The standard InChI is InChI=1S/C19H27N3O4S/c1-3-25-16-12-14-15(13-17(16)26-4-2)20-19(27)22(18(14)23)7-5-6-21-8-10-24-11-9-21/h12-13H,3-11H2,1-2H3,(H,20,27)/p+1. The van der Waals surface area contributed by atoms with Crippen LogP contribution in [-0.2, 0) is 11.3 Å². The molecule has 27 heavy (non-hydrogen) atoms. The van der Waals surface area contributed by atoms with Crippen LogP contribution in [0.25, 0.3) is 10.9 Å². The molecule has 0 saturated carbocycles. The zero-order valence-corrected chi connectivity index (χ0v) is 16.8. The number of nitrogens with one attached hydrogen (secondary N) is 2. The number of nitrogens with zero attached hydrogens (tertiary/aromatic N) is 1. The summed E-state index contributed by atoms with van der Waals surface area (Å²) < 4.78 is 18.8. The van der Waals surface area contributed by atoms with Gasteiger partial charge < -0.3 is 24.1 Å². The number of aromatic nitrogens is 2. The van der Waals surface area contributed by atoms with Crippen molar-refractivity contribution in [3.63, 3.8) is 0 Å². The number of hydrogen-bond donors (Lipinski definition) is 2. The lowest BCUT2D eigenvalue weighted by Crippen LogP contribution is -3.14. The minimum absolute atomic E-state index is 0.0882. The predicted molar refractivity (Wildman–Crippen MR) is 107 cm³/mol. The van der Waals surface area contributed by atoms with Gasteiger partial charge in [-0.05, 0) is 32.1 Å². The highest BCUT2D eigenvalue weighted by molar-refractivity contribution is 7.71. The van der Waals surface area contributed by atoms with Crippen LogP contribution >= 0.6 is 12.2 Å². The van der Waals surface area contributed by atoms with Gasteiger partial charge in [0.15, 0.2) is 16.3 Å². The van der Waals surface area contributed by atoms with Crippen molar-refractivity contribution in [3.05, 3.63) is 27.3 Å².